The summed E-state index contributed by atoms with van der Waals surface area (Å²) in [6, 6.07) is 1.00. The van der Waals surface area contributed by atoms with Crippen molar-refractivity contribution in [1.29, 1.82) is 0 Å². The van der Waals surface area contributed by atoms with Gasteiger partial charge in [-0.3, -0.25) is 0 Å². The van der Waals surface area contributed by atoms with E-state index in [2.05, 4.69) is 0 Å². The van der Waals surface area contributed by atoms with Gasteiger partial charge in [-0.15, -0.1) is 22.7 Å². The molecule has 51 heavy (non-hydrogen) atoms. The predicted octanol–water partition coefficient (Wildman–Crippen LogP) is -1.06. The van der Waals surface area contributed by atoms with Crippen molar-refractivity contribution in [3.8, 4) is 0 Å². The van der Waals surface area contributed by atoms with Crippen LogP contribution in [0, 0.1) is 13.8 Å². The first-order valence-corrected chi connectivity index (χ1v) is 16.4. The molecule has 0 aromatic carbocycles. The summed E-state index contributed by atoms with van der Waals surface area (Å²) >= 11 is 0.576. The number of carbonyl (C=O) groups excluding carboxylic acids is 2. The van der Waals surface area contributed by atoms with Crippen molar-refractivity contribution in [1.82, 2.24) is 0 Å². The second-order valence-electron chi connectivity index (χ2n) is 12.3. The van der Waals surface area contributed by atoms with E-state index in [0.29, 0.717) is 12.1 Å². The predicted molar refractivity (Wildman–Crippen MR) is 158 cm³/mol. The Bertz CT molecular complexity index is 1580. The fourth-order valence-electron chi connectivity index (χ4n) is 6.13. The Labute approximate surface area is 289 Å². The molecule has 14 nitrogen and oxygen atoms in total. The van der Waals surface area contributed by atoms with Gasteiger partial charge in [0.2, 0.25) is 0 Å². The Kier molecular flexibility index (Phi) is 10.3. The number of aryl methyl sites for hydroxylation is 2. The van der Waals surface area contributed by atoms with Gasteiger partial charge in [0.25, 0.3) is 0 Å². The maximum Gasteiger partial charge on any atom is 0.380 e. The number of esters is 2. The Hall–Kier alpha value is -2.74. The first-order chi connectivity index (χ1) is 23.4. The van der Waals surface area contributed by atoms with Gasteiger partial charge in [-0.05, 0) is 37.1 Å². The fourth-order valence-corrected chi connectivity index (χ4v) is 7.95. The fraction of sp³-hybridized carbons (Fsp3) is 0.586. The maximum absolute atomic E-state index is 15.5. The van der Waals surface area contributed by atoms with Crippen molar-refractivity contribution in [2.24, 2.45) is 0 Å². The SMILES string of the molecule is Cc1sc(C(=O)OC2[C@@H](O)[C@H](O)C(O)[C@H](O)[C@H]2O)cc1C1=C(c2cc(C(=O)OC3[C@@H](O)[C@H](O)C(O)[C@H](O)[C@H]3O)sc2C)C(F)(F)C(F)(F)C1(F)F. The summed E-state index contributed by atoms with van der Waals surface area (Å²) in [6.07, 6.45) is -25.6. The van der Waals surface area contributed by atoms with E-state index in [4.69, 9.17) is 9.47 Å². The number of halogens is 6. The van der Waals surface area contributed by atoms with Crippen LogP contribution in [-0.2, 0) is 9.47 Å². The summed E-state index contributed by atoms with van der Waals surface area (Å²) in [6.45, 7) is 2.01. The first kappa shape index (κ1) is 39.5. The summed E-state index contributed by atoms with van der Waals surface area (Å²) in [5, 5.41) is 99.7. The molecule has 0 saturated heterocycles. The summed E-state index contributed by atoms with van der Waals surface area (Å²) in [5.74, 6) is -20.4. The van der Waals surface area contributed by atoms with Crippen LogP contribution in [0.25, 0.3) is 11.1 Å². The lowest BCUT2D eigenvalue weighted by Gasteiger charge is -2.40. The molecule has 0 aliphatic heterocycles. The van der Waals surface area contributed by atoms with E-state index < -0.39 is 145 Å². The molecule has 0 spiro atoms. The zero-order valence-corrected chi connectivity index (χ0v) is 27.4. The summed E-state index contributed by atoms with van der Waals surface area (Å²) in [4.78, 5) is 23.7. The summed E-state index contributed by atoms with van der Waals surface area (Å²) in [7, 11) is 0. The Balaban J connectivity index is 1.54. The number of rotatable bonds is 6. The monoisotopic (exact) mass is 780 g/mol. The van der Waals surface area contributed by atoms with Gasteiger partial charge in [-0.2, -0.15) is 26.3 Å². The van der Waals surface area contributed by atoms with Crippen LogP contribution in [-0.4, -0.2) is 154 Å². The molecule has 2 aromatic heterocycles. The molecule has 284 valence electrons. The third kappa shape index (κ3) is 5.98. The van der Waals surface area contributed by atoms with Crippen LogP contribution in [0.1, 0.15) is 40.2 Å². The van der Waals surface area contributed by atoms with Crippen LogP contribution in [0.2, 0.25) is 0 Å². The van der Waals surface area contributed by atoms with Crippen LogP contribution in [0.4, 0.5) is 26.3 Å². The minimum atomic E-state index is -6.08. The smallest absolute Gasteiger partial charge is 0.380 e. The van der Waals surface area contributed by atoms with Crippen LogP contribution in [0.15, 0.2) is 12.1 Å². The number of hydrogen-bond acceptors (Lipinski definition) is 16. The largest absolute Gasteiger partial charge is 0.452 e. The molecule has 0 radical (unpaired) electrons. The molecule has 3 aliphatic rings. The molecule has 5 rings (SSSR count). The van der Waals surface area contributed by atoms with Crippen LogP contribution < -0.4 is 0 Å². The number of aliphatic hydroxyl groups is 10. The highest BCUT2D eigenvalue weighted by molar-refractivity contribution is 7.14. The van der Waals surface area contributed by atoms with E-state index in [9.17, 15) is 60.7 Å². The number of alkyl halides is 6. The molecule has 0 bridgehead atoms. The van der Waals surface area contributed by atoms with Crippen LogP contribution in [0.5, 0.6) is 0 Å². The van der Waals surface area contributed by atoms with Crippen molar-refractivity contribution in [2.75, 3.05) is 0 Å². The van der Waals surface area contributed by atoms with Crippen molar-refractivity contribution in [3.05, 3.63) is 42.8 Å². The van der Waals surface area contributed by atoms with Gasteiger partial charge in [0.15, 0.2) is 12.2 Å². The molecular formula is C29H30F6O14S2. The van der Waals surface area contributed by atoms with Crippen molar-refractivity contribution >= 4 is 45.8 Å². The highest BCUT2D eigenvalue weighted by Gasteiger charge is 2.80. The van der Waals surface area contributed by atoms with E-state index in [0.717, 1.165) is 13.8 Å². The highest BCUT2D eigenvalue weighted by atomic mass is 32.1. The van der Waals surface area contributed by atoms with Gasteiger partial charge in [-0.1, -0.05) is 0 Å². The second-order valence-corrected chi connectivity index (χ2v) is 14.8. The molecule has 2 fully saturated rings. The lowest BCUT2D eigenvalue weighted by Crippen LogP contribution is -2.64. The zero-order valence-electron chi connectivity index (χ0n) is 25.8. The van der Waals surface area contributed by atoms with Crippen molar-refractivity contribution in [3.63, 3.8) is 0 Å². The number of aliphatic hydroxyl groups excluding tert-OH is 10. The van der Waals surface area contributed by atoms with Gasteiger partial charge in [0.1, 0.15) is 70.8 Å². The Morgan fingerprint density at radius 2 is 0.784 bits per heavy atom. The topological polar surface area (TPSA) is 255 Å². The summed E-state index contributed by atoms with van der Waals surface area (Å²) < 4.78 is 102. The third-order valence-electron chi connectivity index (χ3n) is 9.08. The lowest BCUT2D eigenvalue weighted by atomic mass is 9.85. The van der Waals surface area contributed by atoms with Crippen molar-refractivity contribution < 1.29 is 96.5 Å². The maximum atomic E-state index is 15.5. The quantitative estimate of drug-likeness (QED) is 0.124. The molecule has 12 atom stereocenters. The zero-order chi connectivity index (χ0) is 38.4. The normalized spacial score (nSPS) is 37.4. The highest BCUT2D eigenvalue weighted by Crippen LogP contribution is 2.65. The van der Waals surface area contributed by atoms with Crippen LogP contribution >= 0.6 is 22.7 Å². The van der Waals surface area contributed by atoms with E-state index in [-0.39, 0.29) is 22.7 Å². The Morgan fingerprint density at radius 1 is 0.529 bits per heavy atom. The number of thiophene rings is 2. The van der Waals surface area contributed by atoms with Gasteiger partial charge < -0.3 is 60.5 Å². The third-order valence-corrected chi connectivity index (χ3v) is 11.1. The molecule has 2 aromatic rings. The number of allylic oxidation sites excluding steroid dienone is 2. The lowest BCUT2D eigenvalue weighted by molar-refractivity contribution is -0.254. The average molecular weight is 781 g/mol. The van der Waals surface area contributed by atoms with Gasteiger partial charge in [0, 0.05) is 20.9 Å². The molecule has 0 amide bonds. The van der Waals surface area contributed by atoms with E-state index in [1.165, 1.54) is 0 Å². The van der Waals surface area contributed by atoms with E-state index in [1.807, 2.05) is 0 Å². The minimum absolute atomic E-state index is 0.288. The number of hydrogen-bond donors (Lipinski definition) is 10. The number of ether oxygens (including phenoxy) is 2. The van der Waals surface area contributed by atoms with Crippen LogP contribution in [0.3, 0.4) is 0 Å². The molecule has 4 unspecified atom stereocenters. The minimum Gasteiger partial charge on any atom is -0.452 e. The molecule has 3 aliphatic carbocycles. The molecule has 2 heterocycles. The van der Waals surface area contributed by atoms with Gasteiger partial charge in [0.05, 0.1) is 0 Å². The molecule has 22 heteroatoms. The molecule has 10 N–H and O–H groups in total. The van der Waals surface area contributed by atoms with E-state index in [1.54, 1.807) is 0 Å². The van der Waals surface area contributed by atoms with E-state index >= 15 is 26.3 Å². The standard InChI is InChI=1S/C29H30F6O14S2/c1-5-7(3-9(50-5)25(46)48-23-19(42)15(38)13(36)16(39)20(23)43)11-12(28(32,33)29(34,35)27(11,30)31)8-4-10(51-6(8)2)26(47)49-24-21(44)17(40)14(37)18(41)22(24)45/h3-4,13-24,36-45H,1-2H3/t13?,14?,15-,16+,17-,18+,19+,20-,21+,22-,23?,24?. The van der Waals surface area contributed by atoms with Crippen molar-refractivity contribution in [2.45, 2.75) is 105 Å². The molecule has 2 saturated carbocycles. The molecular weight excluding hydrogens is 750 g/mol. The average Bonchev–Trinajstić information content (AvgIpc) is 3.67. The summed E-state index contributed by atoms with van der Waals surface area (Å²) in [5.41, 5.74) is -5.88. The second kappa shape index (κ2) is 13.3. The van der Waals surface area contributed by atoms with Gasteiger partial charge >= 0.3 is 29.7 Å². The Morgan fingerprint density at radius 3 is 1.06 bits per heavy atom. The van der Waals surface area contributed by atoms with Gasteiger partial charge in [-0.25, -0.2) is 9.59 Å². The first-order valence-electron chi connectivity index (χ1n) is 14.7. The number of carbonyl (C=O) groups is 2.